The molecule has 0 spiro atoms. The SMILES string of the molecule is OC(CBr)C(O)c1ccc(CCl)cc1. The summed E-state index contributed by atoms with van der Waals surface area (Å²) in [6, 6.07) is 7.22. The van der Waals surface area contributed by atoms with Gasteiger partial charge in [-0.3, -0.25) is 0 Å². The molecule has 0 aliphatic rings. The first-order chi connectivity index (χ1) is 6.69. The van der Waals surface area contributed by atoms with E-state index in [2.05, 4.69) is 15.9 Å². The molecule has 0 amide bonds. The standard InChI is InChI=1S/C10H12BrClO2/c11-5-9(13)10(14)8-3-1-7(6-12)2-4-8/h1-4,9-10,13-14H,5-6H2. The van der Waals surface area contributed by atoms with E-state index in [1.807, 2.05) is 12.1 Å². The summed E-state index contributed by atoms with van der Waals surface area (Å²) in [4.78, 5) is 0. The number of benzene rings is 1. The second-order valence-corrected chi connectivity index (χ2v) is 3.96. The van der Waals surface area contributed by atoms with Crippen LogP contribution in [0.3, 0.4) is 0 Å². The maximum absolute atomic E-state index is 9.64. The van der Waals surface area contributed by atoms with Crippen molar-refractivity contribution in [1.82, 2.24) is 0 Å². The van der Waals surface area contributed by atoms with Crippen LogP contribution in [0.1, 0.15) is 17.2 Å². The summed E-state index contributed by atoms with van der Waals surface area (Å²) in [6.07, 6.45) is -1.63. The van der Waals surface area contributed by atoms with Gasteiger partial charge in [-0.1, -0.05) is 40.2 Å². The fourth-order valence-corrected chi connectivity index (χ4v) is 1.64. The Morgan fingerprint density at radius 3 is 2.21 bits per heavy atom. The highest BCUT2D eigenvalue weighted by Gasteiger charge is 2.16. The molecular formula is C10H12BrClO2. The molecule has 2 unspecified atom stereocenters. The van der Waals surface area contributed by atoms with Crippen LogP contribution in [0.5, 0.6) is 0 Å². The van der Waals surface area contributed by atoms with Crippen LogP contribution in [0.2, 0.25) is 0 Å². The van der Waals surface area contributed by atoms with Crippen molar-refractivity contribution in [2.24, 2.45) is 0 Å². The minimum Gasteiger partial charge on any atom is -0.389 e. The summed E-state index contributed by atoms with van der Waals surface area (Å²) >= 11 is 8.74. The number of hydrogen-bond acceptors (Lipinski definition) is 2. The van der Waals surface area contributed by atoms with Gasteiger partial charge in [-0.15, -0.1) is 11.6 Å². The Labute approximate surface area is 96.7 Å². The third kappa shape index (κ3) is 2.95. The van der Waals surface area contributed by atoms with Gasteiger partial charge in [0.2, 0.25) is 0 Å². The van der Waals surface area contributed by atoms with Crippen LogP contribution in [-0.4, -0.2) is 21.6 Å². The fourth-order valence-electron chi connectivity index (χ4n) is 1.11. The highest BCUT2D eigenvalue weighted by molar-refractivity contribution is 9.09. The molecule has 0 saturated heterocycles. The van der Waals surface area contributed by atoms with Crippen molar-refractivity contribution < 1.29 is 10.2 Å². The summed E-state index contributed by atoms with van der Waals surface area (Å²) < 4.78 is 0. The maximum Gasteiger partial charge on any atom is 0.106 e. The van der Waals surface area contributed by atoms with Gasteiger partial charge in [0.05, 0.1) is 6.10 Å². The molecule has 0 aliphatic heterocycles. The molecule has 1 aromatic rings. The van der Waals surface area contributed by atoms with Crippen molar-refractivity contribution in [2.45, 2.75) is 18.1 Å². The van der Waals surface area contributed by atoms with Crippen LogP contribution in [0.4, 0.5) is 0 Å². The number of aliphatic hydroxyl groups excluding tert-OH is 2. The fraction of sp³-hybridized carbons (Fsp3) is 0.400. The predicted octanol–water partition coefficient (Wildman–Crippen LogP) is 2.21. The quantitative estimate of drug-likeness (QED) is 0.830. The van der Waals surface area contributed by atoms with Crippen LogP contribution >= 0.6 is 27.5 Å². The zero-order valence-corrected chi connectivity index (χ0v) is 9.87. The van der Waals surface area contributed by atoms with Crippen molar-refractivity contribution in [3.8, 4) is 0 Å². The average Bonchev–Trinajstić information content (AvgIpc) is 2.27. The third-order valence-electron chi connectivity index (χ3n) is 2.00. The minimum absolute atomic E-state index is 0.353. The van der Waals surface area contributed by atoms with E-state index < -0.39 is 12.2 Å². The molecule has 4 heteroatoms. The highest BCUT2D eigenvalue weighted by atomic mass is 79.9. The molecule has 2 nitrogen and oxygen atoms in total. The van der Waals surface area contributed by atoms with Crippen molar-refractivity contribution in [2.75, 3.05) is 5.33 Å². The number of halogens is 2. The first kappa shape index (κ1) is 12.0. The Morgan fingerprint density at radius 1 is 1.21 bits per heavy atom. The Bertz CT molecular complexity index is 276. The van der Waals surface area contributed by atoms with E-state index in [4.69, 9.17) is 11.6 Å². The van der Waals surface area contributed by atoms with Gasteiger partial charge in [0.25, 0.3) is 0 Å². The normalized spacial score (nSPS) is 15.1. The molecule has 78 valence electrons. The Hall–Kier alpha value is -0.0900. The van der Waals surface area contributed by atoms with Gasteiger partial charge in [-0.05, 0) is 11.1 Å². The molecule has 0 aliphatic carbocycles. The van der Waals surface area contributed by atoms with Gasteiger partial charge in [-0.2, -0.15) is 0 Å². The van der Waals surface area contributed by atoms with Crippen LogP contribution in [0, 0.1) is 0 Å². The topological polar surface area (TPSA) is 40.5 Å². The zero-order chi connectivity index (χ0) is 10.6. The van der Waals surface area contributed by atoms with E-state index in [9.17, 15) is 10.2 Å². The molecule has 0 bridgehead atoms. The van der Waals surface area contributed by atoms with Crippen molar-refractivity contribution in [3.05, 3.63) is 35.4 Å². The predicted molar refractivity (Wildman–Crippen MR) is 60.8 cm³/mol. The molecule has 0 fully saturated rings. The van der Waals surface area contributed by atoms with E-state index in [1.54, 1.807) is 12.1 Å². The maximum atomic E-state index is 9.64. The van der Waals surface area contributed by atoms with Crippen molar-refractivity contribution >= 4 is 27.5 Å². The van der Waals surface area contributed by atoms with Crippen LogP contribution < -0.4 is 0 Å². The second kappa shape index (κ2) is 5.71. The monoisotopic (exact) mass is 278 g/mol. The Balaban J connectivity index is 2.75. The van der Waals surface area contributed by atoms with Gasteiger partial charge in [-0.25, -0.2) is 0 Å². The summed E-state index contributed by atoms with van der Waals surface area (Å²) in [5, 5.41) is 19.4. The third-order valence-corrected chi connectivity index (χ3v) is 2.97. The lowest BCUT2D eigenvalue weighted by Gasteiger charge is -2.15. The van der Waals surface area contributed by atoms with Crippen molar-refractivity contribution in [3.63, 3.8) is 0 Å². The summed E-state index contributed by atoms with van der Waals surface area (Å²) in [5.74, 6) is 0.456. The highest BCUT2D eigenvalue weighted by Crippen LogP contribution is 2.19. The molecule has 2 N–H and O–H groups in total. The molecule has 1 aromatic carbocycles. The minimum atomic E-state index is -0.848. The second-order valence-electron chi connectivity index (χ2n) is 3.04. The van der Waals surface area contributed by atoms with Crippen LogP contribution in [0.25, 0.3) is 0 Å². The smallest absolute Gasteiger partial charge is 0.106 e. The number of rotatable bonds is 4. The molecule has 2 atom stereocenters. The molecule has 0 aromatic heterocycles. The van der Waals surface area contributed by atoms with Gasteiger partial charge in [0, 0.05) is 11.2 Å². The lowest BCUT2D eigenvalue weighted by atomic mass is 10.0. The lowest BCUT2D eigenvalue weighted by Crippen LogP contribution is -2.19. The molecule has 0 radical (unpaired) electrons. The van der Waals surface area contributed by atoms with Gasteiger partial charge in [0.15, 0.2) is 0 Å². The van der Waals surface area contributed by atoms with Gasteiger partial charge >= 0.3 is 0 Å². The molecular weight excluding hydrogens is 267 g/mol. The lowest BCUT2D eigenvalue weighted by molar-refractivity contribution is 0.0343. The summed E-state index contributed by atoms with van der Waals surface area (Å²) in [5.41, 5.74) is 1.70. The van der Waals surface area contributed by atoms with Gasteiger partial charge in [0.1, 0.15) is 6.10 Å². The van der Waals surface area contributed by atoms with E-state index in [0.29, 0.717) is 16.8 Å². The summed E-state index contributed by atoms with van der Waals surface area (Å²) in [6.45, 7) is 0. The van der Waals surface area contributed by atoms with E-state index in [1.165, 1.54) is 0 Å². The zero-order valence-electron chi connectivity index (χ0n) is 7.53. The van der Waals surface area contributed by atoms with E-state index in [0.717, 1.165) is 5.56 Å². The van der Waals surface area contributed by atoms with E-state index in [-0.39, 0.29) is 0 Å². The largest absolute Gasteiger partial charge is 0.389 e. The molecule has 1 rings (SSSR count). The van der Waals surface area contributed by atoms with Gasteiger partial charge < -0.3 is 10.2 Å². The molecule has 0 heterocycles. The van der Waals surface area contributed by atoms with Crippen molar-refractivity contribution in [1.29, 1.82) is 0 Å². The molecule has 14 heavy (non-hydrogen) atoms. The first-order valence-electron chi connectivity index (χ1n) is 4.26. The first-order valence-corrected chi connectivity index (χ1v) is 5.91. The van der Waals surface area contributed by atoms with Crippen LogP contribution in [-0.2, 0) is 5.88 Å². The Kier molecular flexibility index (Phi) is 4.89. The van der Waals surface area contributed by atoms with E-state index >= 15 is 0 Å². The average molecular weight is 280 g/mol. The van der Waals surface area contributed by atoms with Crippen LogP contribution in [0.15, 0.2) is 24.3 Å². The summed E-state index contributed by atoms with van der Waals surface area (Å²) in [7, 11) is 0. The molecule has 0 saturated carbocycles. The number of aliphatic hydroxyl groups is 2. The number of alkyl halides is 2. The number of hydrogen-bond donors (Lipinski definition) is 2. The Morgan fingerprint density at radius 2 is 1.79 bits per heavy atom.